The zero-order valence-electron chi connectivity index (χ0n) is 12.1. The van der Waals surface area contributed by atoms with Crippen LogP contribution in [0.2, 0.25) is 0 Å². The summed E-state index contributed by atoms with van der Waals surface area (Å²) in [5, 5.41) is 3.40. The Morgan fingerprint density at radius 1 is 1.16 bits per heavy atom. The minimum Gasteiger partial charge on any atom is -0.314 e. The van der Waals surface area contributed by atoms with E-state index in [0.717, 1.165) is 24.9 Å². The highest BCUT2D eigenvalue weighted by Crippen LogP contribution is 2.20. The Labute approximate surface area is 117 Å². The minimum absolute atomic E-state index is 0.224. The second-order valence-electron chi connectivity index (χ2n) is 4.79. The standard InChI is InChI=1S/C15H25NO2S/c1-4-11-19(17,18)15-10-8-7-9-13(15)12-14(5-2)16-6-3/h7-10,14,16H,4-6,11-12H2,1-3H3. The first-order valence-corrected chi connectivity index (χ1v) is 8.74. The Kier molecular flexibility index (Phi) is 6.52. The molecule has 0 saturated carbocycles. The molecular weight excluding hydrogens is 258 g/mol. The molecular formula is C15H25NO2S. The molecule has 0 radical (unpaired) electrons. The van der Waals surface area contributed by atoms with Crippen molar-refractivity contribution in [2.75, 3.05) is 12.3 Å². The van der Waals surface area contributed by atoms with Crippen molar-refractivity contribution in [3.63, 3.8) is 0 Å². The van der Waals surface area contributed by atoms with Crippen molar-refractivity contribution in [3.8, 4) is 0 Å². The lowest BCUT2D eigenvalue weighted by Crippen LogP contribution is -2.30. The molecule has 0 aliphatic carbocycles. The Morgan fingerprint density at radius 2 is 1.84 bits per heavy atom. The molecule has 1 aromatic rings. The summed E-state index contributed by atoms with van der Waals surface area (Å²) in [4.78, 5) is 0.508. The quantitative estimate of drug-likeness (QED) is 0.798. The highest BCUT2D eigenvalue weighted by Gasteiger charge is 2.18. The number of hydrogen-bond acceptors (Lipinski definition) is 3. The van der Waals surface area contributed by atoms with Crippen molar-refractivity contribution in [3.05, 3.63) is 29.8 Å². The second-order valence-corrected chi connectivity index (χ2v) is 6.87. The minimum atomic E-state index is -3.14. The largest absolute Gasteiger partial charge is 0.314 e. The second kappa shape index (κ2) is 7.65. The van der Waals surface area contributed by atoms with Gasteiger partial charge >= 0.3 is 0 Å². The molecule has 0 amide bonds. The van der Waals surface area contributed by atoms with Crippen LogP contribution in [0.5, 0.6) is 0 Å². The monoisotopic (exact) mass is 283 g/mol. The van der Waals surface area contributed by atoms with Crippen LogP contribution in [-0.2, 0) is 16.3 Å². The van der Waals surface area contributed by atoms with Gasteiger partial charge in [-0.05, 0) is 37.4 Å². The lowest BCUT2D eigenvalue weighted by Gasteiger charge is -2.18. The van der Waals surface area contributed by atoms with E-state index in [-0.39, 0.29) is 5.75 Å². The summed E-state index contributed by atoms with van der Waals surface area (Å²) >= 11 is 0. The first-order valence-electron chi connectivity index (χ1n) is 7.09. The van der Waals surface area contributed by atoms with Gasteiger partial charge in [0.1, 0.15) is 0 Å². The maximum absolute atomic E-state index is 12.3. The number of likely N-dealkylation sites (N-methyl/N-ethyl adjacent to an activating group) is 1. The molecule has 4 heteroatoms. The van der Waals surface area contributed by atoms with Crippen LogP contribution in [0.4, 0.5) is 0 Å². The van der Waals surface area contributed by atoms with Gasteiger partial charge in [-0.3, -0.25) is 0 Å². The Bertz CT molecular complexity index is 483. The number of hydrogen-bond donors (Lipinski definition) is 1. The third kappa shape index (κ3) is 4.62. The Hall–Kier alpha value is -0.870. The molecule has 0 aliphatic heterocycles. The summed E-state index contributed by atoms with van der Waals surface area (Å²) in [6.07, 6.45) is 2.42. The molecule has 0 saturated heterocycles. The normalized spacial score (nSPS) is 13.4. The lowest BCUT2D eigenvalue weighted by molar-refractivity contribution is 0.506. The predicted octanol–water partition coefficient (Wildman–Crippen LogP) is 2.80. The van der Waals surface area contributed by atoms with Crippen LogP contribution in [0.15, 0.2) is 29.2 Å². The van der Waals surface area contributed by atoms with Gasteiger partial charge in [0.25, 0.3) is 0 Å². The summed E-state index contributed by atoms with van der Waals surface area (Å²) in [5.41, 5.74) is 0.934. The molecule has 0 aliphatic rings. The van der Waals surface area contributed by atoms with Gasteiger partial charge in [0, 0.05) is 6.04 Å². The number of benzene rings is 1. The van der Waals surface area contributed by atoms with E-state index in [0.29, 0.717) is 17.4 Å². The fourth-order valence-corrected chi connectivity index (χ4v) is 3.86. The first kappa shape index (κ1) is 16.2. The molecule has 0 spiro atoms. The molecule has 0 heterocycles. The number of rotatable bonds is 8. The van der Waals surface area contributed by atoms with Crippen molar-refractivity contribution in [2.45, 2.75) is 51.0 Å². The summed E-state index contributed by atoms with van der Waals surface area (Å²) in [7, 11) is -3.14. The Morgan fingerprint density at radius 3 is 2.42 bits per heavy atom. The third-order valence-corrected chi connectivity index (χ3v) is 5.25. The first-order chi connectivity index (χ1) is 9.05. The predicted molar refractivity (Wildman–Crippen MR) is 80.2 cm³/mol. The highest BCUT2D eigenvalue weighted by atomic mass is 32.2. The van der Waals surface area contributed by atoms with E-state index in [2.05, 4.69) is 19.2 Å². The van der Waals surface area contributed by atoms with Crippen molar-refractivity contribution in [1.82, 2.24) is 5.32 Å². The van der Waals surface area contributed by atoms with Crippen molar-refractivity contribution in [1.29, 1.82) is 0 Å². The fraction of sp³-hybridized carbons (Fsp3) is 0.600. The average Bonchev–Trinajstić information content (AvgIpc) is 2.38. The maximum atomic E-state index is 12.3. The van der Waals surface area contributed by atoms with Crippen molar-refractivity contribution in [2.24, 2.45) is 0 Å². The van der Waals surface area contributed by atoms with E-state index >= 15 is 0 Å². The fourth-order valence-electron chi connectivity index (χ4n) is 2.27. The van der Waals surface area contributed by atoms with E-state index in [4.69, 9.17) is 0 Å². The molecule has 0 fully saturated rings. The molecule has 3 nitrogen and oxygen atoms in total. The summed E-state index contributed by atoms with van der Waals surface area (Å²) in [6, 6.07) is 7.73. The molecule has 1 aromatic carbocycles. The van der Waals surface area contributed by atoms with Gasteiger partial charge in [-0.25, -0.2) is 8.42 Å². The van der Waals surface area contributed by atoms with Crippen LogP contribution in [-0.4, -0.2) is 26.8 Å². The van der Waals surface area contributed by atoms with Gasteiger partial charge in [0.15, 0.2) is 9.84 Å². The summed E-state index contributed by atoms with van der Waals surface area (Å²) < 4.78 is 24.5. The summed E-state index contributed by atoms with van der Waals surface area (Å²) in [6.45, 7) is 6.99. The summed E-state index contributed by atoms with van der Waals surface area (Å²) in [5.74, 6) is 0.224. The van der Waals surface area contributed by atoms with Crippen LogP contribution in [0.3, 0.4) is 0 Å². The van der Waals surface area contributed by atoms with Gasteiger partial charge in [-0.15, -0.1) is 0 Å². The van der Waals surface area contributed by atoms with E-state index < -0.39 is 9.84 Å². The molecule has 1 atom stereocenters. The lowest BCUT2D eigenvalue weighted by atomic mass is 10.0. The molecule has 1 N–H and O–H groups in total. The average molecular weight is 283 g/mol. The third-order valence-electron chi connectivity index (χ3n) is 3.23. The van der Waals surface area contributed by atoms with Crippen LogP contribution < -0.4 is 5.32 Å². The maximum Gasteiger partial charge on any atom is 0.178 e. The zero-order chi connectivity index (χ0) is 14.3. The van der Waals surface area contributed by atoms with E-state index in [1.165, 1.54) is 0 Å². The molecule has 1 unspecified atom stereocenters. The van der Waals surface area contributed by atoms with Crippen molar-refractivity contribution < 1.29 is 8.42 Å². The van der Waals surface area contributed by atoms with Gasteiger partial charge in [-0.1, -0.05) is 39.0 Å². The van der Waals surface area contributed by atoms with Gasteiger partial charge in [-0.2, -0.15) is 0 Å². The van der Waals surface area contributed by atoms with Gasteiger partial charge in [0.2, 0.25) is 0 Å². The molecule has 0 aromatic heterocycles. The number of nitrogens with one attached hydrogen (secondary N) is 1. The number of sulfone groups is 1. The van der Waals surface area contributed by atoms with Crippen LogP contribution >= 0.6 is 0 Å². The molecule has 108 valence electrons. The van der Waals surface area contributed by atoms with Crippen molar-refractivity contribution >= 4 is 9.84 Å². The molecule has 19 heavy (non-hydrogen) atoms. The van der Waals surface area contributed by atoms with Crippen LogP contribution in [0.1, 0.15) is 39.2 Å². The SMILES string of the molecule is CCCS(=O)(=O)c1ccccc1CC(CC)NCC. The van der Waals surface area contributed by atoms with Crippen LogP contribution in [0.25, 0.3) is 0 Å². The molecule has 1 rings (SSSR count). The van der Waals surface area contributed by atoms with E-state index in [1.54, 1.807) is 12.1 Å². The van der Waals surface area contributed by atoms with E-state index in [9.17, 15) is 8.42 Å². The van der Waals surface area contributed by atoms with Gasteiger partial charge in [0.05, 0.1) is 10.6 Å². The highest BCUT2D eigenvalue weighted by molar-refractivity contribution is 7.91. The Balaban J connectivity index is 3.02. The molecule has 0 bridgehead atoms. The van der Waals surface area contributed by atoms with E-state index in [1.807, 2.05) is 19.1 Å². The smallest absolute Gasteiger partial charge is 0.178 e. The van der Waals surface area contributed by atoms with Gasteiger partial charge < -0.3 is 5.32 Å². The van der Waals surface area contributed by atoms with Crippen LogP contribution in [0, 0.1) is 0 Å². The topological polar surface area (TPSA) is 46.2 Å². The zero-order valence-corrected chi connectivity index (χ0v) is 13.0.